The van der Waals surface area contributed by atoms with Crippen molar-refractivity contribution in [2.45, 2.75) is 37.8 Å². The van der Waals surface area contributed by atoms with Gasteiger partial charge in [-0.05, 0) is 25.7 Å². The quantitative estimate of drug-likeness (QED) is 0.673. The summed E-state index contributed by atoms with van der Waals surface area (Å²) < 4.78 is 0. The second kappa shape index (κ2) is 5.45. The van der Waals surface area contributed by atoms with Gasteiger partial charge in [0.2, 0.25) is 0 Å². The molecule has 0 saturated carbocycles. The Labute approximate surface area is 95.5 Å². The SMILES string of the molecule is OCC1CCCN1N=NN1CCC[C@H]1CO. The van der Waals surface area contributed by atoms with E-state index in [-0.39, 0.29) is 25.3 Å². The summed E-state index contributed by atoms with van der Waals surface area (Å²) in [4.78, 5) is 0. The molecule has 6 heteroatoms. The maximum Gasteiger partial charge on any atom is 0.0719 e. The van der Waals surface area contributed by atoms with E-state index in [0.29, 0.717) is 0 Å². The van der Waals surface area contributed by atoms with Crippen LogP contribution in [0.2, 0.25) is 0 Å². The average molecular weight is 228 g/mol. The fraction of sp³-hybridized carbons (Fsp3) is 1.00. The molecule has 2 aliphatic rings. The lowest BCUT2D eigenvalue weighted by Gasteiger charge is -2.21. The van der Waals surface area contributed by atoms with Crippen molar-refractivity contribution in [3.8, 4) is 0 Å². The molecule has 2 heterocycles. The topological polar surface area (TPSA) is 71.7 Å². The summed E-state index contributed by atoms with van der Waals surface area (Å²) in [6.45, 7) is 2.02. The Kier molecular flexibility index (Phi) is 3.95. The van der Waals surface area contributed by atoms with Crippen LogP contribution in [0.25, 0.3) is 0 Å². The van der Waals surface area contributed by atoms with E-state index in [9.17, 15) is 0 Å². The van der Waals surface area contributed by atoms with Crippen molar-refractivity contribution in [3.63, 3.8) is 0 Å². The Bertz CT molecular complexity index is 225. The van der Waals surface area contributed by atoms with Gasteiger partial charge < -0.3 is 10.2 Å². The minimum atomic E-state index is 0.124. The van der Waals surface area contributed by atoms with Gasteiger partial charge in [-0.25, -0.2) is 0 Å². The predicted octanol–water partition coefficient (Wildman–Crippen LogP) is 0.182. The summed E-state index contributed by atoms with van der Waals surface area (Å²) in [6, 6.07) is 0.248. The highest BCUT2D eigenvalue weighted by atomic mass is 16.3. The van der Waals surface area contributed by atoms with Gasteiger partial charge >= 0.3 is 0 Å². The summed E-state index contributed by atoms with van der Waals surface area (Å²) in [7, 11) is 0. The van der Waals surface area contributed by atoms with E-state index >= 15 is 0 Å². The third kappa shape index (κ3) is 2.44. The number of nitrogens with zero attached hydrogens (tertiary/aromatic N) is 4. The van der Waals surface area contributed by atoms with Crippen molar-refractivity contribution in [1.82, 2.24) is 10.0 Å². The van der Waals surface area contributed by atoms with E-state index in [1.165, 1.54) is 0 Å². The molecule has 92 valence electrons. The molecule has 2 fully saturated rings. The predicted molar refractivity (Wildman–Crippen MR) is 58.5 cm³/mol. The molecule has 0 aliphatic carbocycles. The van der Waals surface area contributed by atoms with Gasteiger partial charge in [0.25, 0.3) is 0 Å². The molecule has 2 saturated heterocycles. The molecule has 0 spiro atoms. The highest BCUT2D eigenvalue weighted by Crippen LogP contribution is 2.20. The van der Waals surface area contributed by atoms with Gasteiger partial charge in [-0.3, -0.25) is 10.0 Å². The Hall–Kier alpha value is -0.880. The third-order valence-corrected chi connectivity index (χ3v) is 3.38. The lowest BCUT2D eigenvalue weighted by atomic mass is 10.2. The van der Waals surface area contributed by atoms with Crippen LogP contribution in [-0.4, -0.2) is 58.6 Å². The zero-order valence-corrected chi connectivity index (χ0v) is 9.49. The summed E-state index contributed by atoms with van der Waals surface area (Å²) in [6.07, 6.45) is 4.10. The van der Waals surface area contributed by atoms with Crippen molar-refractivity contribution in [2.75, 3.05) is 26.3 Å². The summed E-state index contributed by atoms with van der Waals surface area (Å²) in [5, 5.41) is 30.3. The molecule has 0 aromatic carbocycles. The van der Waals surface area contributed by atoms with Crippen LogP contribution in [0.1, 0.15) is 25.7 Å². The molecule has 0 aromatic heterocycles. The van der Waals surface area contributed by atoms with Gasteiger partial charge in [-0.1, -0.05) is 10.4 Å². The number of hydrogen-bond donors (Lipinski definition) is 2. The molecule has 2 N–H and O–H groups in total. The van der Waals surface area contributed by atoms with Crippen LogP contribution in [0.15, 0.2) is 10.4 Å². The highest BCUT2D eigenvalue weighted by Gasteiger charge is 2.25. The van der Waals surface area contributed by atoms with Crippen LogP contribution in [0.3, 0.4) is 0 Å². The largest absolute Gasteiger partial charge is 0.394 e. The fourth-order valence-corrected chi connectivity index (χ4v) is 2.35. The lowest BCUT2D eigenvalue weighted by molar-refractivity contribution is 0.114. The maximum atomic E-state index is 9.13. The second-order valence-electron chi connectivity index (χ2n) is 4.46. The molecule has 1 unspecified atom stereocenters. The van der Waals surface area contributed by atoms with Gasteiger partial charge in [-0.15, -0.1) is 0 Å². The molecule has 2 atom stereocenters. The van der Waals surface area contributed by atoms with Gasteiger partial charge in [0.05, 0.1) is 25.3 Å². The first-order valence-corrected chi connectivity index (χ1v) is 6.01. The molecule has 6 nitrogen and oxygen atoms in total. The minimum Gasteiger partial charge on any atom is -0.394 e. The van der Waals surface area contributed by atoms with Crippen molar-refractivity contribution >= 4 is 0 Å². The smallest absolute Gasteiger partial charge is 0.0719 e. The van der Waals surface area contributed by atoms with E-state index in [2.05, 4.69) is 10.4 Å². The monoisotopic (exact) mass is 228 g/mol. The van der Waals surface area contributed by atoms with Crippen LogP contribution in [0.5, 0.6) is 0 Å². The van der Waals surface area contributed by atoms with Crippen LogP contribution >= 0.6 is 0 Å². The van der Waals surface area contributed by atoms with Crippen LogP contribution in [0, 0.1) is 0 Å². The number of rotatable bonds is 4. The summed E-state index contributed by atoms with van der Waals surface area (Å²) in [5.74, 6) is 0. The molecule has 2 aliphatic heterocycles. The van der Waals surface area contributed by atoms with Crippen molar-refractivity contribution in [1.29, 1.82) is 0 Å². The van der Waals surface area contributed by atoms with Gasteiger partial charge in [0, 0.05) is 13.1 Å². The van der Waals surface area contributed by atoms with Crippen molar-refractivity contribution in [3.05, 3.63) is 0 Å². The zero-order chi connectivity index (χ0) is 11.4. The lowest BCUT2D eigenvalue weighted by Crippen LogP contribution is -2.30. The molecule has 0 radical (unpaired) electrons. The van der Waals surface area contributed by atoms with Crippen LogP contribution in [-0.2, 0) is 0 Å². The first-order chi connectivity index (χ1) is 7.85. The summed E-state index contributed by atoms with van der Waals surface area (Å²) in [5.41, 5.74) is 0. The molecule has 16 heavy (non-hydrogen) atoms. The molecular formula is C10H20N4O2. The second-order valence-corrected chi connectivity index (χ2v) is 4.46. The average Bonchev–Trinajstić information content (AvgIpc) is 2.94. The van der Waals surface area contributed by atoms with E-state index in [4.69, 9.17) is 10.2 Å². The maximum absolute atomic E-state index is 9.13. The Morgan fingerprint density at radius 1 is 0.875 bits per heavy atom. The van der Waals surface area contributed by atoms with Crippen LogP contribution in [0.4, 0.5) is 0 Å². The Morgan fingerprint density at radius 3 is 1.69 bits per heavy atom. The first-order valence-electron chi connectivity index (χ1n) is 6.01. The Balaban J connectivity index is 1.88. The van der Waals surface area contributed by atoms with E-state index < -0.39 is 0 Å². The minimum absolute atomic E-state index is 0.124. The third-order valence-electron chi connectivity index (χ3n) is 3.38. The van der Waals surface area contributed by atoms with Crippen molar-refractivity contribution < 1.29 is 10.2 Å². The Morgan fingerprint density at radius 2 is 1.31 bits per heavy atom. The van der Waals surface area contributed by atoms with Crippen molar-refractivity contribution in [2.24, 2.45) is 10.4 Å². The van der Waals surface area contributed by atoms with E-state index in [1.807, 2.05) is 10.0 Å². The van der Waals surface area contributed by atoms with Crippen LogP contribution < -0.4 is 0 Å². The number of aliphatic hydroxyl groups excluding tert-OH is 2. The molecular weight excluding hydrogens is 208 g/mol. The fourth-order valence-electron chi connectivity index (χ4n) is 2.35. The van der Waals surface area contributed by atoms with E-state index in [0.717, 1.165) is 38.8 Å². The molecule has 0 aromatic rings. The van der Waals surface area contributed by atoms with Gasteiger partial charge in [0.1, 0.15) is 0 Å². The first kappa shape index (κ1) is 11.6. The standard InChI is InChI=1S/C10H20N4O2/c15-7-9-3-1-5-13(9)11-12-14-6-2-4-10(14)8-16/h9-10,15-16H,1-8H2/t9-,10?/m0/s1. The van der Waals surface area contributed by atoms with E-state index in [1.54, 1.807) is 0 Å². The number of hydrogen-bond acceptors (Lipinski definition) is 4. The normalized spacial score (nSPS) is 30.9. The molecule has 0 bridgehead atoms. The molecule has 0 amide bonds. The zero-order valence-electron chi connectivity index (χ0n) is 9.49. The summed E-state index contributed by atoms with van der Waals surface area (Å²) >= 11 is 0. The number of aliphatic hydroxyl groups is 2. The van der Waals surface area contributed by atoms with Gasteiger partial charge in [-0.2, -0.15) is 0 Å². The molecule has 2 rings (SSSR count). The van der Waals surface area contributed by atoms with Gasteiger partial charge in [0.15, 0.2) is 0 Å². The highest BCUT2D eigenvalue weighted by molar-refractivity contribution is 4.76.